The van der Waals surface area contributed by atoms with E-state index < -0.39 is 29.7 Å². The first-order chi connectivity index (χ1) is 18.3. The van der Waals surface area contributed by atoms with Crippen LogP contribution in [0.15, 0.2) is 0 Å². The molecular formula is C25H29ClF2N6O4. The van der Waals surface area contributed by atoms with Crippen LogP contribution < -0.4 is 14.4 Å². The fourth-order valence-electron chi connectivity index (χ4n) is 7.58. The van der Waals surface area contributed by atoms with Crippen molar-refractivity contribution in [2.24, 2.45) is 0 Å². The first kappa shape index (κ1) is 24.3. The molecule has 2 bridgehead atoms. The van der Waals surface area contributed by atoms with Gasteiger partial charge in [0.25, 0.3) is 0 Å². The molecule has 38 heavy (non-hydrogen) atoms. The minimum Gasteiger partial charge on any atom is -0.471 e. The Balaban J connectivity index is 1.33. The number of amides is 1. The summed E-state index contributed by atoms with van der Waals surface area (Å²) >= 11 is 6.18. The van der Waals surface area contributed by atoms with Gasteiger partial charge in [0.15, 0.2) is 11.0 Å². The van der Waals surface area contributed by atoms with Crippen LogP contribution in [-0.4, -0.2) is 98.1 Å². The molecule has 0 aromatic carbocycles. The molecule has 0 radical (unpaired) electrons. The van der Waals surface area contributed by atoms with E-state index in [1.165, 1.54) is 4.90 Å². The Morgan fingerprint density at radius 3 is 2.92 bits per heavy atom. The Morgan fingerprint density at radius 1 is 1.29 bits per heavy atom. The van der Waals surface area contributed by atoms with E-state index >= 15 is 4.39 Å². The van der Waals surface area contributed by atoms with Gasteiger partial charge in [0, 0.05) is 19.5 Å². The number of alkyl halides is 1. The summed E-state index contributed by atoms with van der Waals surface area (Å²) in [7, 11) is 0. The van der Waals surface area contributed by atoms with Gasteiger partial charge >= 0.3 is 12.1 Å². The summed E-state index contributed by atoms with van der Waals surface area (Å²) in [5, 5.41) is 9.89. The zero-order valence-electron chi connectivity index (χ0n) is 20.9. The van der Waals surface area contributed by atoms with Crippen LogP contribution in [0.25, 0.3) is 10.9 Å². The fraction of sp³-hybridized carbons (Fsp3) is 0.680. The molecule has 0 saturated carbocycles. The number of fused-ring (bicyclic) bond motifs is 6. The Bertz CT molecular complexity index is 1320. The molecule has 5 aliphatic heterocycles. The molecule has 4 saturated heterocycles. The van der Waals surface area contributed by atoms with Crippen molar-refractivity contribution >= 4 is 34.4 Å². The van der Waals surface area contributed by atoms with Gasteiger partial charge in [-0.1, -0.05) is 18.5 Å². The van der Waals surface area contributed by atoms with Gasteiger partial charge < -0.3 is 19.5 Å². The van der Waals surface area contributed by atoms with Gasteiger partial charge in [-0.25, -0.2) is 13.6 Å². The standard InChI is InChI=1S/C25H29ClF2N6O4/c1-2-15-19-14-5-4-13(34(14)24(35)36)10-33(19)21-16-18(17(28)20(26)30-22(16)38-15)29-23(31-21)37-11-25-6-3-7-32(25)9-12(27)8-25/h12-15,19H,2-11H2,1H3,(H,35,36)/t12-,13?,14?,15?,19?,25+/m1/s1. The van der Waals surface area contributed by atoms with E-state index in [0.29, 0.717) is 43.6 Å². The molecule has 7 heterocycles. The van der Waals surface area contributed by atoms with E-state index in [2.05, 4.69) is 14.9 Å². The highest BCUT2D eigenvalue weighted by atomic mass is 35.5. The number of hydrogen-bond donors (Lipinski definition) is 1. The second kappa shape index (κ2) is 8.64. The van der Waals surface area contributed by atoms with Crippen molar-refractivity contribution in [1.29, 1.82) is 0 Å². The fourth-order valence-corrected chi connectivity index (χ4v) is 7.74. The third-order valence-electron chi connectivity index (χ3n) is 9.15. The van der Waals surface area contributed by atoms with E-state index in [4.69, 9.17) is 26.1 Å². The summed E-state index contributed by atoms with van der Waals surface area (Å²) in [6, 6.07) is -0.919. The van der Waals surface area contributed by atoms with Gasteiger partial charge in [-0.15, -0.1) is 0 Å². The molecule has 0 aliphatic carbocycles. The number of pyridine rings is 1. The summed E-state index contributed by atoms with van der Waals surface area (Å²) < 4.78 is 42.2. The van der Waals surface area contributed by atoms with Gasteiger partial charge in [-0.2, -0.15) is 15.0 Å². The van der Waals surface area contributed by atoms with Crippen molar-refractivity contribution < 1.29 is 28.2 Å². The molecule has 10 nitrogen and oxygen atoms in total. The number of carbonyl (C=O) groups is 1. The number of piperazine rings is 1. The second-order valence-electron chi connectivity index (χ2n) is 11.1. The lowest BCUT2D eigenvalue weighted by Gasteiger charge is -2.47. The summed E-state index contributed by atoms with van der Waals surface area (Å²) in [5.74, 6) is -0.267. The molecule has 2 aromatic rings. The van der Waals surface area contributed by atoms with Crippen molar-refractivity contribution in [2.45, 2.75) is 81.4 Å². The monoisotopic (exact) mass is 550 g/mol. The maximum absolute atomic E-state index is 15.4. The molecule has 5 aliphatic rings. The predicted molar refractivity (Wildman–Crippen MR) is 133 cm³/mol. The zero-order valence-corrected chi connectivity index (χ0v) is 21.7. The molecular weight excluding hydrogens is 522 g/mol. The smallest absolute Gasteiger partial charge is 0.407 e. The highest BCUT2D eigenvalue weighted by Gasteiger charge is 2.54. The molecule has 0 spiro atoms. The average Bonchev–Trinajstić information content (AvgIpc) is 3.49. The van der Waals surface area contributed by atoms with Crippen LogP contribution in [0.4, 0.5) is 19.4 Å². The summed E-state index contributed by atoms with van der Waals surface area (Å²) in [6.45, 7) is 3.74. The van der Waals surface area contributed by atoms with Gasteiger partial charge in [0.1, 0.15) is 35.6 Å². The van der Waals surface area contributed by atoms with E-state index in [9.17, 15) is 14.3 Å². The third-order valence-corrected chi connectivity index (χ3v) is 9.40. The molecule has 6 atom stereocenters. The molecule has 7 rings (SSSR count). The van der Waals surface area contributed by atoms with Crippen LogP contribution in [0.1, 0.15) is 45.4 Å². The quantitative estimate of drug-likeness (QED) is 0.571. The van der Waals surface area contributed by atoms with Gasteiger partial charge in [0.2, 0.25) is 5.88 Å². The minimum atomic E-state index is -0.957. The number of hydrogen-bond acceptors (Lipinski definition) is 8. The van der Waals surface area contributed by atoms with Crippen molar-refractivity contribution in [2.75, 3.05) is 31.1 Å². The largest absolute Gasteiger partial charge is 0.471 e. The topological polar surface area (TPSA) is 104 Å². The molecule has 4 unspecified atom stereocenters. The van der Waals surface area contributed by atoms with E-state index in [-0.39, 0.29) is 47.3 Å². The summed E-state index contributed by atoms with van der Waals surface area (Å²) in [4.78, 5) is 31.2. The van der Waals surface area contributed by atoms with Crippen LogP contribution in [0.2, 0.25) is 5.15 Å². The van der Waals surface area contributed by atoms with Gasteiger partial charge in [0.05, 0.1) is 23.7 Å². The molecule has 13 heteroatoms. The number of anilines is 1. The van der Waals surface area contributed by atoms with Crippen LogP contribution >= 0.6 is 11.6 Å². The first-order valence-electron chi connectivity index (χ1n) is 13.3. The lowest BCUT2D eigenvalue weighted by Crippen LogP contribution is -2.65. The third kappa shape index (κ3) is 3.45. The highest BCUT2D eigenvalue weighted by Crippen LogP contribution is 2.46. The minimum absolute atomic E-state index is 0.0233. The number of aromatic nitrogens is 3. The molecule has 204 valence electrons. The van der Waals surface area contributed by atoms with Crippen LogP contribution in [0.5, 0.6) is 11.9 Å². The Labute approximate surface area is 222 Å². The zero-order chi connectivity index (χ0) is 26.3. The van der Waals surface area contributed by atoms with Crippen LogP contribution in [0, 0.1) is 5.82 Å². The van der Waals surface area contributed by atoms with Crippen LogP contribution in [0.3, 0.4) is 0 Å². The number of nitrogens with zero attached hydrogens (tertiary/aromatic N) is 6. The van der Waals surface area contributed by atoms with Crippen molar-refractivity contribution in [3.8, 4) is 11.9 Å². The molecule has 1 amide bonds. The number of ether oxygens (including phenoxy) is 2. The number of carboxylic acid groups (broad SMARTS) is 1. The molecule has 2 aromatic heterocycles. The molecule has 1 N–H and O–H groups in total. The van der Waals surface area contributed by atoms with Crippen molar-refractivity contribution in [3.63, 3.8) is 0 Å². The number of rotatable bonds is 4. The van der Waals surface area contributed by atoms with Gasteiger partial charge in [-0.3, -0.25) is 9.80 Å². The van der Waals surface area contributed by atoms with E-state index in [0.717, 1.165) is 25.8 Å². The first-order valence-corrected chi connectivity index (χ1v) is 13.7. The van der Waals surface area contributed by atoms with Crippen molar-refractivity contribution in [3.05, 3.63) is 11.0 Å². The lowest BCUT2D eigenvalue weighted by atomic mass is 9.95. The average molecular weight is 551 g/mol. The van der Waals surface area contributed by atoms with Crippen LogP contribution in [-0.2, 0) is 0 Å². The number of halogens is 3. The molecule has 4 fully saturated rings. The maximum atomic E-state index is 15.4. The lowest BCUT2D eigenvalue weighted by molar-refractivity contribution is 0.0635. The predicted octanol–water partition coefficient (Wildman–Crippen LogP) is 3.64. The SMILES string of the molecule is CCC1Oc2nc(Cl)c(F)c3nc(OC[C@@]45CCCN4C[C@H](F)C5)nc(c23)N2CC3CCC(C12)N3C(=O)O. The van der Waals surface area contributed by atoms with Crippen molar-refractivity contribution in [1.82, 2.24) is 24.8 Å². The van der Waals surface area contributed by atoms with E-state index in [1.807, 2.05) is 11.8 Å². The Kier molecular flexibility index (Phi) is 5.53. The normalized spacial score (nSPS) is 33.7. The summed E-state index contributed by atoms with van der Waals surface area (Å²) in [6.07, 6.45) is 1.86. The summed E-state index contributed by atoms with van der Waals surface area (Å²) in [5.41, 5.74) is -0.476. The second-order valence-corrected chi connectivity index (χ2v) is 11.5. The highest BCUT2D eigenvalue weighted by molar-refractivity contribution is 6.30. The maximum Gasteiger partial charge on any atom is 0.407 e. The Hall–Kier alpha value is -2.73. The van der Waals surface area contributed by atoms with Gasteiger partial charge in [-0.05, 0) is 38.6 Å². The Morgan fingerprint density at radius 2 is 2.13 bits per heavy atom. The van der Waals surface area contributed by atoms with E-state index in [1.54, 1.807) is 0 Å².